The highest BCUT2D eigenvalue weighted by Crippen LogP contribution is 2.36. The van der Waals surface area contributed by atoms with Gasteiger partial charge in [0, 0.05) is 37.6 Å². The molecule has 0 spiro atoms. The molecule has 0 atom stereocenters. The minimum absolute atomic E-state index is 0.546. The Morgan fingerprint density at radius 1 is 1.28 bits per heavy atom. The molecule has 4 rings (SSSR count). The van der Waals surface area contributed by atoms with Gasteiger partial charge in [0.25, 0.3) is 0 Å². The van der Waals surface area contributed by atoms with E-state index in [1.54, 1.807) is 6.33 Å². The first-order chi connectivity index (χ1) is 12.2. The third-order valence-corrected chi connectivity index (χ3v) is 5.03. The van der Waals surface area contributed by atoms with Crippen molar-refractivity contribution in [1.82, 2.24) is 19.9 Å². The average molecular weight is 336 g/mol. The Balaban J connectivity index is 1.82. The molecule has 6 heteroatoms. The van der Waals surface area contributed by atoms with Crippen molar-refractivity contribution in [3.63, 3.8) is 0 Å². The maximum Gasteiger partial charge on any atom is 0.146 e. The molecule has 0 amide bonds. The molecule has 1 aromatic carbocycles. The fourth-order valence-corrected chi connectivity index (χ4v) is 3.70. The van der Waals surface area contributed by atoms with Gasteiger partial charge in [-0.05, 0) is 49.7 Å². The monoisotopic (exact) mass is 336 g/mol. The Morgan fingerprint density at radius 2 is 2.16 bits per heavy atom. The van der Waals surface area contributed by atoms with E-state index in [-0.39, 0.29) is 0 Å². The summed E-state index contributed by atoms with van der Waals surface area (Å²) in [5.41, 5.74) is 12.2. The Hall–Kier alpha value is -2.60. The normalized spacial score (nSPS) is 13.6. The van der Waals surface area contributed by atoms with Gasteiger partial charge in [0.15, 0.2) is 0 Å². The van der Waals surface area contributed by atoms with Gasteiger partial charge in [0.2, 0.25) is 0 Å². The maximum atomic E-state index is 6.21. The highest BCUT2D eigenvalue weighted by atomic mass is 15.1. The molecular formula is C19H24N6. The predicted octanol–water partition coefficient (Wildman–Crippen LogP) is 2.28. The summed E-state index contributed by atoms with van der Waals surface area (Å²) in [7, 11) is 4.12. The SMILES string of the molecule is CNCCCn1cc(-c2ccc3c(c2)CCN3C)c2c(N)ncnc21. The van der Waals surface area contributed by atoms with Gasteiger partial charge in [-0.25, -0.2) is 9.97 Å². The largest absolute Gasteiger partial charge is 0.383 e. The summed E-state index contributed by atoms with van der Waals surface area (Å²) in [5.74, 6) is 0.546. The van der Waals surface area contributed by atoms with E-state index in [1.807, 2.05) is 7.05 Å². The van der Waals surface area contributed by atoms with Crippen LogP contribution < -0.4 is 16.0 Å². The van der Waals surface area contributed by atoms with Gasteiger partial charge in [0.1, 0.15) is 17.8 Å². The molecule has 130 valence electrons. The summed E-state index contributed by atoms with van der Waals surface area (Å²) in [6, 6.07) is 6.68. The minimum Gasteiger partial charge on any atom is -0.383 e. The summed E-state index contributed by atoms with van der Waals surface area (Å²) in [6.07, 6.45) is 5.85. The highest BCUT2D eigenvalue weighted by molar-refractivity contribution is 6.00. The number of anilines is 2. The summed E-state index contributed by atoms with van der Waals surface area (Å²) in [5, 5.41) is 4.15. The van der Waals surface area contributed by atoms with Crippen LogP contribution in [-0.2, 0) is 13.0 Å². The van der Waals surface area contributed by atoms with Crippen molar-refractivity contribution in [2.24, 2.45) is 0 Å². The minimum atomic E-state index is 0.546. The van der Waals surface area contributed by atoms with Crippen LogP contribution in [0, 0.1) is 0 Å². The number of benzene rings is 1. The van der Waals surface area contributed by atoms with E-state index in [1.165, 1.54) is 16.8 Å². The number of rotatable bonds is 5. The lowest BCUT2D eigenvalue weighted by Crippen LogP contribution is -2.12. The first kappa shape index (κ1) is 15.9. The van der Waals surface area contributed by atoms with Gasteiger partial charge in [-0.1, -0.05) is 6.07 Å². The summed E-state index contributed by atoms with van der Waals surface area (Å²) >= 11 is 0. The number of fused-ring (bicyclic) bond motifs is 2. The third kappa shape index (κ3) is 2.72. The fraction of sp³-hybridized carbons (Fsp3) is 0.368. The molecule has 0 aliphatic carbocycles. The number of nitrogens with zero attached hydrogens (tertiary/aromatic N) is 4. The number of hydrogen-bond donors (Lipinski definition) is 2. The van der Waals surface area contributed by atoms with Crippen LogP contribution in [0.15, 0.2) is 30.7 Å². The van der Waals surface area contributed by atoms with Crippen molar-refractivity contribution in [1.29, 1.82) is 0 Å². The Kier molecular flexibility index (Phi) is 4.05. The van der Waals surface area contributed by atoms with E-state index in [0.717, 1.165) is 49.1 Å². The number of nitrogens with one attached hydrogen (secondary N) is 1. The van der Waals surface area contributed by atoms with Gasteiger partial charge < -0.3 is 20.5 Å². The van der Waals surface area contributed by atoms with Gasteiger partial charge >= 0.3 is 0 Å². The fourth-order valence-electron chi connectivity index (χ4n) is 3.70. The lowest BCUT2D eigenvalue weighted by molar-refractivity contribution is 0.624. The predicted molar refractivity (Wildman–Crippen MR) is 103 cm³/mol. The van der Waals surface area contributed by atoms with Crippen molar-refractivity contribution in [2.45, 2.75) is 19.4 Å². The molecule has 0 saturated carbocycles. The molecule has 0 bridgehead atoms. The Morgan fingerprint density at radius 3 is 3.00 bits per heavy atom. The van der Waals surface area contributed by atoms with Crippen LogP contribution in [0.5, 0.6) is 0 Å². The second-order valence-corrected chi connectivity index (χ2v) is 6.67. The standard InChI is InChI=1S/C19H24N6/c1-21-7-3-8-25-11-15(17-18(20)22-12-23-19(17)25)13-4-5-16-14(10-13)6-9-24(16)2/h4-5,10-12,21H,3,6-9H2,1-2H3,(H2,20,22,23). The number of nitrogen functional groups attached to an aromatic ring is 1. The average Bonchev–Trinajstić information content (AvgIpc) is 3.17. The van der Waals surface area contributed by atoms with Crippen LogP contribution in [0.1, 0.15) is 12.0 Å². The zero-order chi connectivity index (χ0) is 17.4. The van der Waals surface area contributed by atoms with Crippen LogP contribution in [0.4, 0.5) is 11.5 Å². The summed E-state index contributed by atoms with van der Waals surface area (Å²) in [4.78, 5) is 11.0. The zero-order valence-corrected chi connectivity index (χ0v) is 14.8. The molecule has 3 heterocycles. The van der Waals surface area contributed by atoms with E-state index in [9.17, 15) is 0 Å². The Labute approximate surface area is 147 Å². The molecule has 1 aliphatic heterocycles. The molecule has 3 N–H and O–H groups in total. The smallest absolute Gasteiger partial charge is 0.146 e. The van der Waals surface area contributed by atoms with E-state index < -0.39 is 0 Å². The van der Waals surface area contributed by atoms with Crippen LogP contribution in [0.25, 0.3) is 22.2 Å². The van der Waals surface area contributed by atoms with Crippen molar-refractivity contribution < 1.29 is 0 Å². The highest BCUT2D eigenvalue weighted by Gasteiger charge is 2.19. The van der Waals surface area contributed by atoms with E-state index in [4.69, 9.17) is 5.73 Å². The van der Waals surface area contributed by atoms with Gasteiger partial charge in [-0.3, -0.25) is 0 Å². The summed E-state index contributed by atoms with van der Waals surface area (Å²) < 4.78 is 2.19. The molecule has 25 heavy (non-hydrogen) atoms. The molecule has 0 saturated heterocycles. The van der Waals surface area contributed by atoms with Crippen molar-refractivity contribution in [3.8, 4) is 11.1 Å². The molecule has 0 radical (unpaired) electrons. The zero-order valence-electron chi connectivity index (χ0n) is 14.8. The van der Waals surface area contributed by atoms with Crippen LogP contribution in [-0.4, -0.2) is 41.7 Å². The first-order valence-corrected chi connectivity index (χ1v) is 8.77. The Bertz CT molecular complexity index is 914. The van der Waals surface area contributed by atoms with Crippen molar-refractivity contribution >= 4 is 22.5 Å². The lowest BCUT2D eigenvalue weighted by Gasteiger charge is -2.12. The summed E-state index contributed by atoms with van der Waals surface area (Å²) in [6.45, 7) is 2.96. The van der Waals surface area contributed by atoms with Gasteiger partial charge in [0.05, 0.1) is 5.39 Å². The number of aryl methyl sites for hydroxylation is 1. The third-order valence-electron chi connectivity index (χ3n) is 5.03. The van der Waals surface area contributed by atoms with E-state index >= 15 is 0 Å². The van der Waals surface area contributed by atoms with Gasteiger partial charge in [-0.15, -0.1) is 0 Å². The first-order valence-electron chi connectivity index (χ1n) is 8.77. The molecule has 1 aliphatic rings. The van der Waals surface area contributed by atoms with Crippen LogP contribution >= 0.6 is 0 Å². The molecule has 3 aromatic rings. The van der Waals surface area contributed by atoms with Crippen molar-refractivity contribution in [2.75, 3.05) is 37.8 Å². The van der Waals surface area contributed by atoms with E-state index in [0.29, 0.717) is 5.82 Å². The van der Waals surface area contributed by atoms with Gasteiger partial charge in [-0.2, -0.15) is 0 Å². The second kappa shape index (κ2) is 6.37. The molecule has 0 fully saturated rings. The number of hydrogen-bond acceptors (Lipinski definition) is 5. The molecule has 0 unspecified atom stereocenters. The lowest BCUT2D eigenvalue weighted by atomic mass is 10.0. The number of likely N-dealkylation sites (N-methyl/N-ethyl adjacent to an activating group) is 1. The van der Waals surface area contributed by atoms with Crippen LogP contribution in [0.3, 0.4) is 0 Å². The number of nitrogens with two attached hydrogens (primary N) is 1. The van der Waals surface area contributed by atoms with Crippen LogP contribution in [0.2, 0.25) is 0 Å². The quantitative estimate of drug-likeness (QED) is 0.700. The molecular weight excluding hydrogens is 312 g/mol. The molecule has 6 nitrogen and oxygen atoms in total. The topological polar surface area (TPSA) is 72.0 Å². The second-order valence-electron chi connectivity index (χ2n) is 6.67. The maximum absolute atomic E-state index is 6.21. The van der Waals surface area contributed by atoms with E-state index in [2.05, 4.69) is 56.2 Å². The van der Waals surface area contributed by atoms with Crippen molar-refractivity contribution in [3.05, 3.63) is 36.3 Å². The number of aromatic nitrogens is 3. The molecule has 2 aromatic heterocycles.